The van der Waals surface area contributed by atoms with Crippen molar-refractivity contribution in [3.05, 3.63) is 57.8 Å². The third kappa shape index (κ3) is 4.09. The van der Waals surface area contributed by atoms with E-state index >= 15 is 0 Å². The highest BCUT2D eigenvalue weighted by Crippen LogP contribution is 2.27. The lowest BCUT2D eigenvalue weighted by atomic mass is 10.2. The molecule has 1 aliphatic heterocycles. The van der Waals surface area contributed by atoms with E-state index in [-0.39, 0.29) is 30.5 Å². The molecule has 138 valence electrons. The van der Waals surface area contributed by atoms with E-state index in [1.165, 1.54) is 0 Å². The van der Waals surface area contributed by atoms with E-state index in [9.17, 15) is 10.1 Å². The summed E-state index contributed by atoms with van der Waals surface area (Å²) in [5.41, 5.74) is 2.72. The number of anilines is 1. The normalized spacial score (nSPS) is 19.3. The molecule has 8 nitrogen and oxygen atoms in total. The van der Waals surface area contributed by atoms with Crippen LogP contribution in [0.4, 0.5) is 11.5 Å². The van der Waals surface area contributed by atoms with Crippen molar-refractivity contribution in [1.29, 1.82) is 0 Å². The number of pyridine rings is 1. The van der Waals surface area contributed by atoms with Crippen LogP contribution in [0.5, 0.6) is 5.75 Å². The summed E-state index contributed by atoms with van der Waals surface area (Å²) in [6.45, 7) is 2.52. The second-order valence-corrected chi connectivity index (χ2v) is 6.37. The number of hydrogen-bond donors (Lipinski definition) is 1. The van der Waals surface area contributed by atoms with Gasteiger partial charge in [0.25, 0.3) is 0 Å². The van der Waals surface area contributed by atoms with Crippen LogP contribution in [0.3, 0.4) is 0 Å². The lowest BCUT2D eigenvalue weighted by molar-refractivity contribution is -0.390. The molecule has 1 fully saturated rings. The molecular weight excluding hydrogens is 336 g/mol. The van der Waals surface area contributed by atoms with Crippen molar-refractivity contribution in [2.24, 2.45) is 0 Å². The number of hydrogen-bond acceptors (Lipinski definition) is 7. The summed E-state index contributed by atoms with van der Waals surface area (Å²) in [6, 6.07) is 11.4. The second kappa shape index (κ2) is 7.67. The third-order valence-corrected chi connectivity index (χ3v) is 4.15. The van der Waals surface area contributed by atoms with Crippen LogP contribution in [-0.2, 0) is 4.74 Å². The standard InChI is InChI=1S/C18H22N4O4/c1-12-4-9-16(17(20-12)22(23)24)25-11-15-10-19-18(26-15)13-5-7-14(8-6-13)21(2)3/h4-9,15,18-19H,10-11H2,1-3H3/t15-,18+/m1/s1. The summed E-state index contributed by atoms with van der Waals surface area (Å²) in [5.74, 6) is -0.116. The van der Waals surface area contributed by atoms with E-state index in [4.69, 9.17) is 9.47 Å². The molecule has 0 saturated carbocycles. The van der Waals surface area contributed by atoms with Gasteiger partial charge in [-0.15, -0.1) is 0 Å². The summed E-state index contributed by atoms with van der Waals surface area (Å²) >= 11 is 0. The molecular formula is C18H22N4O4. The Morgan fingerprint density at radius 1 is 1.31 bits per heavy atom. The van der Waals surface area contributed by atoms with E-state index in [1.54, 1.807) is 19.1 Å². The zero-order valence-electron chi connectivity index (χ0n) is 15.0. The zero-order valence-corrected chi connectivity index (χ0v) is 15.0. The highest BCUT2D eigenvalue weighted by molar-refractivity contribution is 5.46. The number of nitro groups is 1. The summed E-state index contributed by atoms with van der Waals surface area (Å²) in [7, 11) is 3.98. The minimum atomic E-state index is -0.537. The topological polar surface area (TPSA) is 89.8 Å². The van der Waals surface area contributed by atoms with Gasteiger partial charge in [0.1, 0.15) is 24.6 Å². The molecule has 0 aliphatic carbocycles. The van der Waals surface area contributed by atoms with Gasteiger partial charge in [0.2, 0.25) is 5.75 Å². The van der Waals surface area contributed by atoms with Crippen molar-refractivity contribution in [1.82, 2.24) is 10.3 Å². The van der Waals surface area contributed by atoms with Crippen molar-refractivity contribution in [2.45, 2.75) is 19.3 Å². The first-order valence-corrected chi connectivity index (χ1v) is 8.35. The number of ether oxygens (including phenoxy) is 2. The van der Waals surface area contributed by atoms with Crippen LogP contribution in [-0.4, -0.2) is 43.3 Å². The monoisotopic (exact) mass is 358 g/mol. The smallest absolute Gasteiger partial charge is 0.406 e. The molecule has 1 aromatic heterocycles. The number of nitrogens with one attached hydrogen (secondary N) is 1. The molecule has 1 saturated heterocycles. The van der Waals surface area contributed by atoms with Crippen molar-refractivity contribution in [3.63, 3.8) is 0 Å². The molecule has 1 aliphatic rings. The van der Waals surface area contributed by atoms with Gasteiger partial charge in [0.15, 0.2) is 0 Å². The predicted molar refractivity (Wildman–Crippen MR) is 97.5 cm³/mol. The van der Waals surface area contributed by atoms with Crippen LogP contribution in [0.15, 0.2) is 36.4 Å². The van der Waals surface area contributed by atoms with Gasteiger partial charge >= 0.3 is 5.82 Å². The van der Waals surface area contributed by atoms with Gasteiger partial charge < -0.3 is 24.5 Å². The lowest BCUT2D eigenvalue weighted by Crippen LogP contribution is -2.22. The SMILES string of the molecule is Cc1ccc(OC[C@H]2CN[C@H](c3ccc(N(C)C)cc3)O2)c([N+](=O)[O-])n1. The Balaban J connectivity index is 1.59. The second-order valence-electron chi connectivity index (χ2n) is 6.37. The summed E-state index contributed by atoms with van der Waals surface area (Å²) < 4.78 is 11.5. The molecule has 1 N–H and O–H groups in total. The first-order chi connectivity index (χ1) is 12.4. The van der Waals surface area contributed by atoms with Crippen LogP contribution in [0, 0.1) is 17.0 Å². The van der Waals surface area contributed by atoms with Crippen LogP contribution < -0.4 is 15.0 Å². The molecule has 26 heavy (non-hydrogen) atoms. The van der Waals surface area contributed by atoms with Crippen LogP contribution in [0.1, 0.15) is 17.5 Å². The quantitative estimate of drug-likeness (QED) is 0.626. The molecule has 8 heteroatoms. The third-order valence-electron chi connectivity index (χ3n) is 4.15. The fourth-order valence-corrected chi connectivity index (χ4v) is 2.73. The molecule has 0 amide bonds. The Hall–Kier alpha value is -2.71. The summed E-state index contributed by atoms with van der Waals surface area (Å²) in [6.07, 6.45) is -0.416. The van der Waals surface area contributed by atoms with Gasteiger partial charge in [-0.05, 0) is 39.7 Å². The maximum Gasteiger partial charge on any atom is 0.406 e. The van der Waals surface area contributed by atoms with E-state index in [2.05, 4.69) is 10.3 Å². The maximum atomic E-state index is 11.1. The highest BCUT2D eigenvalue weighted by Gasteiger charge is 2.27. The Bertz CT molecular complexity index is 779. The molecule has 1 aromatic carbocycles. The van der Waals surface area contributed by atoms with Crippen molar-refractivity contribution < 1.29 is 14.4 Å². The Morgan fingerprint density at radius 3 is 2.69 bits per heavy atom. The van der Waals surface area contributed by atoms with Gasteiger partial charge in [0, 0.05) is 33.3 Å². The van der Waals surface area contributed by atoms with Gasteiger partial charge in [-0.25, -0.2) is 0 Å². The molecule has 0 unspecified atom stereocenters. The fourth-order valence-electron chi connectivity index (χ4n) is 2.73. The maximum absolute atomic E-state index is 11.1. The molecule has 2 atom stereocenters. The number of aromatic nitrogens is 1. The number of rotatable bonds is 6. The van der Waals surface area contributed by atoms with Gasteiger partial charge in [-0.3, -0.25) is 5.32 Å². The number of aryl methyl sites for hydroxylation is 1. The van der Waals surface area contributed by atoms with E-state index in [0.29, 0.717) is 12.2 Å². The Morgan fingerprint density at radius 2 is 2.04 bits per heavy atom. The van der Waals surface area contributed by atoms with E-state index in [0.717, 1.165) is 11.3 Å². The largest absolute Gasteiger partial charge is 0.483 e. The minimum absolute atomic E-state index is 0.156. The average Bonchev–Trinajstić information content (AvgIpc) is 3.09. The lowest BCUT2D eigenvalue weighted by Gasteiger charge is -2.16. The van der Waals surface area contributed by atoms with Gasteiger partial charge in [0.05, 0.1) is 0 Å². The average molecular weight is 358 g/mol. The molecule has 2 heterocycles. The van der Waals surface area contributed by atoms with Crippen molar-refractivity contribution in [2.75, 3.05) is 32.1 Å². The van der Waals surface area contributed by atoms with Crippen LogP contribution >= 0.6 is 0 Å². The van der Waals surface area contributed by atoms with E-state index in [1.807, 2.05) is 43.3 Å². The van der Waals surface area contributed by atoms with E-state index < -0.39 is 4.92 Å². The molecule has 0 spiro atoms. The number of benzene rings is 1. The van der Waals surface area contributed by atoms with Gasteiger partial charge in [-0.1, -0.05) is 12.1 Å². The molecule has 3 rings (SSSR count). The fraction of sp³-hybridized carbons (Fsp3) is 0.389. The predicted octanol–water partition coefficient (Wildman–Crippen LogP) is 2.43. The summed E-state index contributed by atoms with van der Waals surface area (Å²) in [4.78, 5) is 16.5. The van der Waals surface area contributed by atoms with Crippen molar-refractivity contribution in [3.8, 4) is 5.75 Å². The van der Waals surface area contributed by atoms with Crippen LogP contribution in [0.25, 0.3) is 0 Å². The van der Waals surface area contributed by atoms with Crippen LogP contribution in [0.2, 0.25) is 0 Å². The highest BCUT2D eigenvalue weighted by atomic mass is 16.6. The summed E-state index contributed by atoms with van der Waals surface area (Å²) in [5, 5.41) is 14.4. The number of nitrogens with zero attached hydrogens (tertiary/aromatic N) is 3. The van der Waals surface area contributed by atoms with Crippen molar-refractivity contribution >= 4 is 11.5 Å². The van der Waals surface area contributed by atoms with Gasteiger partial charge in [-0.2, -0.15) is 0 Å². The molecule has 2 aromatic rings. The Kier molecular flexibility index (Phi) is 5.34. The molecule has 0 radical (unpaired) electrons. The first-order valence-electron chi connectivity index (χ1n) is 8.35. The minimum Gasteiger partial charge on any atom is -0.483 e. The zero-order chi connectivity index (χ0) is 18.7. The molecule has 0 bridgehead atoms. The Labute approximate surface area is 151 Å². The first kappa shape index (κ1) is 18.1.